The van der Waals surface area contributed by atoms with Crippen LogP contribution in [0.1, 0.15) is 44.4 Å². The molecule has 7 heteroatoms. The topological polar surface area (TPSA) is 29.5 Å². The number of ether oxygens (including phenoxy) is 1. The maximum atomic E-state index is 14.8. The summed E-state index contributed by atoms with van der Waals surface area (Å²) in [6.07, 6.45) is -0.192. The van der Waals surface area contributed by atoms with E-state index in [0.29, 0.717) is 12.0 Å². The molecule has 1 amide bonds. The second-order valence-corrected chi connectivity index (χ2v) is 8.29. The Morgan fingerprint density at radius 3 is 2.41 bits per heavy atom. The third-order valence-electron chi connectivity index (χ3n) is 4.31. The second-order valence-electron chi connectivity index (χ2n) is 7.44. The number of carbonyl (C=O) groups is 1. The van der Waals surface area contributed by atoms with Gasteiger partial charge in [-0.05, 0) is 73.3 Å². The highest BCUT2D eigenvalue weighted by molar-refractivity contribution is 9.10. The fourth-order valence-electron chi connectivity index (χ4n) is 3.22. The summed E-state index contributed by atoms with van der Waals surface area (Å²) in [5, 5.41) is 0. The monoisotopic (exact) mass is 441 g/mol. The lowest BCUT2D eigenvalue weighted by Crippen LogP contribution is -2.42. The van der Waals surface area contributed by atoms with Crippen molar-refractivity contribution in [1.82, 2.24) is 0 Å². The first kappa shape index (κ1) is 19.7. The lowest BCUT2D eigenvalue weighted by Gasteiger charge is -2.38. The maximum absolute atomic E-state index is 14.8. The Morgan fingerprint density at radius 2 is 1.81 bits per heavy atom. The zero-order chi connectivity index (χ0) is 19.9. The van der Waals surface area contributed by atoms with E-state index in [1.807, 2.05) is 0 Å². The van der Waals surface area contributed by atoms with E-state index >= 15 is 0 Å². The van der Waals surface area contributed by atoms with Crippen molar-refractivity contribution in [2.24, 2.45) is 0 Å². The molecule has 1 atom stereocenters. The third-order valence-corrected chi connectivity index (χ3v) is 4.88. The van der Waals surface area contributed by atoms with E-state index in [1.54, 1.807) is 20.8 Å². The van der Waals surface area contributed by atoms with E-state index in [4.69, 9.17) is 4.74 Å². The van der Waals surface area contributed by atoms with Crippen molar-refractivity contribution in [3.05, 3.63) is 63.4 Å². The minimum atomic E-state index is -0.813. The van der Waals surface area contributed by atoms with Crippen molar-refractivity contribution >= 4 is 27.7 Å². The average Bonchev–Trinajstić information content (AvgIpc) is 2.58. The van der Waals surface area contributed by atoms with Crippen molar-refractivity contribution in [2.75, 3.05) is 4.90 Å². The van der Waals surface area contributed by atoms with E-state index in [1.165, 1.54) is 24.3 Å². The van der Waals surface area contributed by atoms with Crippen molar-refractivity contribution in [3.8, 4) is 0 Å². The largest absolute Gasteiger partial charge is 0.443 e. The lowest BCUT2D eigenvalue weighted by molar-refractivity contribution is 0.0558. The fraction of sp³-hybridized carbons (Fsp3) is 0.350. The Hall–Kier alpha value is -2.02. The number of hydrogen-bond acceptors (Lipinski definition) is 2. The summed E-state index contributed by atoms with van der Waals surface area (Å²) >= 11 is 3.01. The van der Waals surface area contributed by atoms with Gasteiger partial charge in [-0.3, -0.25) is 4.90 Å². The molecule has 1 heterocycles. The van der Waals surface area contributed by atoms with Gasteiger partial charge in [0.15, 0.2) is 0 Å². The van der Waals surface area contributed by atoms with Crippen LogP contribution in [-0.4, -0.2) is 11.7 Å². The van der Waals surface area contributed by atoms with E-state index in [9.17, 15) is 18.0 Å². The van der Waals surface area contributed by atoms with Gasteiger partial charge in [-0.15, -0.1) is 0 Å². The van der Waals surface area contributed by atoms with Crippen LogP contribution in [0.4, 0.5) is 23.7 Å². The van der Waals surface area contributed by atoms with Gasteiger partial charge in [-0.25, -0.2) is 18.0 Å². The molecule has 0 bridgehead atoms. The molecule has 1 aliphatic rings. The van der Waals surface area contributed by atoms with Crippen molar-refractivity contribution in [1.29, 1.82) is 0 Å². The van der Waals surface area contributed by atoms with Gasteiger partial charge in [0.2, 0.25) is 0 Å². The zero-order valence-electron chi connectivity index (χ0n) is 15.2. The number of halogens is 4. The molecule has 0 saturated carbocycles. The summed E-state index contributed by atoms with van der Waals surface area (Å²) in [5.74, 6) is -1.74. The van der Waals surface area contributed by atoms with Crippen LogP contribution in [0.3, 0.4) is 0 Å². The van der Waals surface area contributed by atoms with Crippen molar-refractivity contribution in [2.45, 2.75) is 45.3 Å². The molecule has 0 N–H and O–H groups in total. The first-order chi connectivity index (χ1) is 12.6. The number of carbonyl (C=O) groups excluding carboxylic acids is 1. The summed E-state index contributed by atoms with van der Waals surface area (Å²) in [6, 6.07) is 6.03. The zero-order valence-corrected chi connectivity index (χ0v) is 16.7. The predicted octanol–water partition coefficient (Wildman–Crippen LogP) is 6.30. The lowest BCUT2D eigenvalue weighted by atomic mass is 9.91. The van der Waals surface area contributed by atoms with Crippen molar-refractivity contribution in [3.63, 3.8) is 0 Å². The molecule has 1 aliphatic heterocycles. The summed E-state index contributed by atoms with van der Waals surface area (Å²) < 4.78 is 48.1. The highest BCUT2D eigenvalue weighted by Gasteiger charge is 2.38. The van der Waals surface area contributed by atoms with Crippen LogP contribution in [0, 0.1) is 17.5 Å². The van der Waals surface area contributed by atoms with E-state index in [0.717, 1.165) is 11.0 Å². The second kappa shape index (κ2) is 7.19. The first-order valence-electron chi connectivity index (χ1n) is 8.52. The Kier molecular flexibility index (Phi) is 5.25. The number of rotatable bonds is 1. The molecule has 2 aromatic rings. The highest BCUT2D eigenvalue weighted by atomic mass is 79.9. The molecular formula is C20H19BrF3NO2. The normalized spacial score (nSPS) is 16.9. The fourth-order valence-corrected chi connectivity index (χ4v) is 3.66. The number of hydrogen-bond donors (Lipinski definition) is 0. The Morgan fingerprint density at radius 1 is 1.19 bits per heavy atom. The van der Waals surface area contributed by atoms with Gasteiger partial charge in [-0.1, -0.05) is 12.1 Å². The molecule has 0 saturated heterocycles. The maximum Gasteiger partial charge on any atom is 0.415 e. The van der Waals surface area contributed by atoms with Crippen LogP contribution in [0.5, 0.6) is 0 Å². The molecular weight excluding hydrogens is 423 g/mol. The summed E-state index contributed by atoms with van der Waals surface area (Å²) in [6.45, 7) is 5.09. The predicted molar refractivity (Wildman–Crippen MR) is 100 cm³/mol. The summed E-state index contributed by atoms with van der Waals surface area (Å²) in [4.78, 5) is 14.0. The van der Waals surface area contributed by atoms with E-state index in [-0.39, 0.29) is 22.1 Å². The summed E-state index contributed by atoms with van der Waals surface area (Å²) in [5.41, 5.74) is -0.209. The van der Waals surface area contributed by atoms with Gasteiger partial charge >= 0.3 is 6.09 Å². The van der Waals surface area contributed by atoms with Crippen molar-refractivity contribution < 1.29 is 22.7 Å². The number of anilines is 1. The molecule has 3 rings (SSSR count). The standard InChI is InChI=1S/C20H19BrF3NO2/c1-20(2,3)27-19(26)25-16(11-4-6-12(22)7-5-11)9-8-13-17(24)14(21)10-15(23)18(13)25/h4-7,10,16H,8-9H2,1-3H3. The average molecular weight is 442 g/mol. The van der Waals surface area contributed by atoms with Gasteiger partial charge in [0.05, 0.1) is 16.2 Å². The molecule has 0 fully saturated rings. The molecule has 0 spiro atoms. The molecule has 0 aromatic heterocycles. The van der Waals surface area contributed by atoms with Gasteiger partial charge in [0, 0.05) is 5.56 Å². The SMILES string of the molecule is CC(C)(C)OC(=O)N1c2c(F)cc(Br)c(F)c2CCC1c1ccc(F)cc1. The molecule has 144 valence electrons. The minimum Gasteiger partial charge on any atom is -0.443 e. The van der Waals surface area contributed by atoms with E-state index < -0.39 is 35.2 Å². The number of benzene rings is 2. The highest BCUT2D eigenvalue weighted by Crippen LogP contribution is 2.43. The van der Waals surface area contributed by atoms with Crippen LogP contribution in [0.25, 0.3) is 0 Å². The Balaban J connectivity index is 2.14. The van der Waals surface area contributed by atoms with Crippen LogP contribution < -0.4 is 4.90 Å². The van der Waals surface area contributed by atoms with Crippen LogP contribution in [-0.2, 0) is 11.2 Å². The minimum absolute atomic E-state index is 0.00289. The van der Waals surface area contributed by atoms with Crippen LogP contribution >= 0.6 is 15.9 Å². The van der Waals surface area contributed by atoms with Gasteiger partial charge in [0.25, 0.3) is 0 Å². The number of fused-ring (bicyclic) bond motifs is 1. The smallest absolute Gasteiger partial charge is 0.415 e. The summed E-state index contributed by atoms with van der Waals surface area (Å²) in [7, 11) is 0. The molecule has 2 aromatic carbocycles. The van der Waals surface area contributed by atoms with E-state index in [2.05, 4.69) is 15.9 Å². The number of nitrogens with zero attached hydrogens (tertiary/aromatic N) is 1. The molecule has 3 nitrogen and oxygen atoms in total. The first-order valence-corrected chi connectivity index (χ1v) is 9.32. The van der Waals surface area contributed by atoms with Gasteiger partial charge in [-0.2, -0.15) is 0 Å². The third kappa shape index (κ3) is 3.98. The molecule has 0 radical (unpaired) electrons. The molecule has 1 unspecified atom stereocenters. The quantitative estimate of drug-likeness (QED) is 0.486. The van der Waals surface area contributed by atoms with Crippen LogP contribution in [0.15, 0.2) is 34.8 Å². The Labute approximate surface area is 164 Å². The van der Waals surface area contributed by atoms with Gasteiger partial charge < -0.3 is 4.74 Å². The molecule has 0 aliphatic carbocycles. The van der Waals surface area contributed by atoms with Gasteiger partial charge in [0.1, 0.15) is 23.1 Å². The molecule has 27 heavy (non-hydrogen) atoms. The van der Waals surface area contributed by atoms with Crippen LogP contribution in [0.2, 0.25) is 0 Å². The number of amides is 1. The Bertz CT molecular complexity index is 878.